The van der Waals surface area contributed by atoms with E-state index in [1.54, 1.807) is 11.3 Å². The number of hydrogen-bond acceptors (Lipinski definition) is 4. The number of oxazole rings is 1. The molecule has 0 amide bonds. The Morgan fingerprint density at radius 2 is 2.09 bits per heavy atom. The van der Waals surface area contributed by atoms with Crippen LogP contribution in [0.5, 0.6) is 0 Å². The van der Waals surface area contributed by atoms with Gasteiger partial charge in [-0.25, -0.2) is 4.98 Å². The van der Waals surface area contributed by atoms with E-state index < -0.39 is 0 Å². The summed E-state index contributed by atoms with van der Waals surface area (Å²) in [5.74, 6) is 1.69. The van der Waals surface area contributed by atoms with Crippen LogP contribution in [-0.2, 0) is 6.54 Å². The molecule has 4 rings (SSSR count). The van der Waals surface area contributed by atoms with Crippen LogP contribution in [0, 0.1) is 5.92 Å². The van der Waals surface area contributed by atoms with Crippen LogP contribution in [0.3, 0.4) is 0 Å². The van der Waals surface area contributed by atoms with Gasteiger partial charge in [0.25, 0.3) is 0 Å². The Bertz CT molecular complexity index is 586. The molecular formula is C18H24N2OS. The molecule has 0 spiro atoms. The van der Waals surface area contributed by atoms with E-state index in [2.05, 4.69) is 16.3 Å². The maximum absolute atomic E-state index is 5.67. The van der Waals surface area contributed by atoms with Crippen molar-refractivity contribution < 1.29 is 4.42 Å². The summed E-state index contributed by atoms with van der Waals surface area (Å²) < 4.78 is 5.67. The van der Waals surface area contributed by atoms with Gasteiger partial charge < -0.3 is 4.42 Å². The molecule has 22 heavy (non-hydrogen) atoms. The van der Waals surface area contributed by atoms with Crippen molar-refractivity contribution in [3.05, 3.63) is 29.5 Å². The van der Waals surface area contributed by atoms with Crippen LogP contribution in [0.25, 0.3) is 10.8 Å². The monoisotopic (exact) mass is 316 g/mol. The van der Waals surface area contributed by atoms with Crippen LogP contribution in [0.15, 0.2) is 28.2 Å². The van der Waals surface area contributed by atoms with Gasteiger partial charge in [0.2, 0.25) is 5.89 Å². The number of thiophene rings is 1. The zero-order valence-electron chi connectivity index (χ0n) is 13.0. The molecule has 1 aliphatic carbocycles. The minimum atomic E-state index is 0.776. The van der Waals surface area contributed by atoms with Gasteiger partial charge in [0, 0.05) is 12.6 Å². The molecule has 3 nitrogen and oxygen atoms in total. The van der Waals surface area contributed by atoms with Crippen LogP contribution < -0.4 is 0 Å². The van der Waals surface area contributed by atoms with Gasteiger partial charge in [0.1, 0.15) is 6.26 Å². The molecule has 1 aliphatic heterocycles. The number of hydrogen-bond donors (Lipinski definition) is 0. The lowest BCUT2D eigenvalue weighted by atomic mass is 9.83. The second kappa shape index (κ2) is 6.55. The summed E-state index contributed by atoms with van der Waals surface area (Å²) in [5, 5.41) is 2.07. The molecule has 1 atom stereocenters. The first-order chi connectivity index (χ1) is 10.9. The number of rotatable bonds is 4. The maximum Gasteiger partial charge on any atom is 0.236 e. The zero-order valence-corrected chi connectivity index (χ0v) is 13.9. The van der Waals surface area contributed by atoms with Crippen LogP contribution in [0.4, 0.5) is 0 Å². The predicted octanol–water partition coefficient (Wildman–Crippen LogP) is 4.95. The van der Waals surface area contributed by atoms with E-state index in [1.165, 1.54) is 51.5 Å². The van der Waals surface area contributed by atoms with Crippen LogP contribution in [-0.4, -0.2) is 22.5 Å². The quantitative estimate of drug-likeness (QED) is 0.799. The van der Waals surface area contributed by atoms with Crippen LogP contribution in [0.1, 0.15) is 50.6 Å². The first-order valence-corrected chi connectivity index (χ1v) is 9.50. The van der Waals surface area contributed by atoms with Crippen molar-refractivity contribution in [1.82, 2.24) is 9.88 Å². The lowest BCUT2D eigenvalue weighted by Gasteiger charge is -2.33. The molecule has 2 aromatic rings. The Labute approximate surface area is 136 Å². The Balaban J connectivity index is 1.43. The van der Waals surface area contributed by atoms with Crippen molar-refractivity contribution in [1.29, 1.82) is 0 Å². The molecule has 0 N–H and O–H groups in total. The average molecular weight is 316 g/mol. The molecule has 2 aliphatic rings. The van der Waals surface area contributed by atoms with E-state index in [-0.39, 0.29) is 0 Å². The highest BCUT2D eigenvalue weighted by Crippen LogP contribution is 2.35. The third kappa shape index (κ3) is 2.99. The average Bonchev–Trinajstić information content (AvgIpc) is 3.30. The van der Waals surface area contributed by atoms with Gasteiger partial charge in [-0.2, -0.15) is 0 Å². The summed E-state index contributed by atoms with van der Waals surface area (Å²) in [6.45, 7) is 2.18. The summed E-state index contributed by atoms with van der Waals surface area (Å²) in [6.07, 6.45) is 11.7. The first-order valence-electron chi connectivity index (χ1n) is 8.62. The molecule has 0 bridgehead atoms. The zero-order chi connectivity index (χ0) is 14.8. The molecule has 2 aromatic heterocycles. The maximum atomic E-state index is 5.67. The fourth-order valence-corrected chi connectivity index (χ4v) is 4.86. The molecule has 1 saturated heterocycles. The third-order valence-corrected chi connectivity index (χ3v) is 6.11. The number of aromatic nitrogens is 1. The molecule has 4 heteroatoms. The van der Waals surface area contributed by atoms with E-state index in [9.17, 15) is 0 Å². The molecule has 1 saturated carbocycles. The predicted molar refractivity (Wildman–Crippen MR) is 89.8 cm³/mol. The van der Waals surface area contributed by atoms with Gasteiger partial charge in [-0.05, 0) is 49.6 Å². The van der Waals surface area contributed by atoms with Crippen molar-refractivity contribution in [2.24, 2.45) is 5.92 Å². The van der Waals surface area contributed by atoms with E-state index in [4.69, 9.17) is 9.40 Å². The molecule has 2 fully saturated rings. The van der Waals surface area contributed by atoms with Crippen LogP contribution >= 0.6 is 11.3 Å². The number of nitrogens with zero attached hydrogens (tertiary/aromatic N) is 2. The lowest BCUT2D eigenvalue weighted by Crippen LogP contribution is -2.36. The third-order valence-electron chi connectivity index (χ3n) is 5.26. The van der Waals surface area contributed by atoms with Crippen LogP contribution in [0.2, 0.25) is 0 Å². The highest BCUT2D eigenvalue weighted by Gasteiger charge is 2.32. The largest absolute Gasteiger partial charge is 0.444 e. The SMILES string of the molecule is c1csc(-c2nc(CN3CCC[C@H]3C3CCCCC3)co2)c1. The molecular weight excluding hydrogens is 292 g/mol. The smallest absolute Gasteiger partial charge is 0.236 e. The fourth-order valence-electron chi connectivity index (χ4n) is 4.20. The topological polar surface area (TPSA) is 29.3 Å². The minimum Gasteiger partial charge on any atom is -0.444 e. The molecule has 3 heterocycles. The fraction of sp³-hybridized carbons (Fsp3) is 0.611. The Hall–Kier alpha value is -1.13. The molecule has 118 valence electrons. The van der Waals surface area contributed by atoms with Gasteiger partial charge in [-0.3, -0.25) is 4.90 Å². The second-order valence-electron chi connectivity index (χ2n) is 6.70. The summed E-state index contributed by atoms with van der Waals surface area (Å²) >= 11 is 1.69. The van der Waals surface area contributed by atoms with E-state index in [0.717, 1.165) is 35.0 Å². The van der Waals surface area contributed by atoms with Gasteiger partial charge >= 0.3 is 0 Å². The van der Waals surface area contributed by atoms with Crippen molar-refractivity contribution in [2.45, 2.75) is 57.5 Å². The summed E-state index contributed by atoms with van der Waals surface area (Å²) in [7, 11) is 0. The van der Waals surface area contributed by atoms with Crippen molar-refractivity contribution >= 4 is 11.3 Å². The van der Waals surface area contributed by atoms with Gasteiger partial charge in [0.15, 0.2) is 0 Å². The van der Waals surface area contributed by atoms with E-state index in [1.807, 2.05) is 12.3 Å². The van der Waals surface area contributed by atoms with Crippen molar-refractivity contribution in [3.8, 4) is 10.8 Å². The van der Waals surface area contributed by atoms with Crippen molar-refractivity contribution in [3.63, 3.8) is 0 Å². The van der Waals surface area contributed by atoms with Gasteiger partial charge in [0.05, 0.1) is 10.6 Å². The summed E-state index contributed by atoms with van der Waals surface area (Å²) in [6, 6.07) is 4.90. The Morgan fingerprint density at radius 3 is 2.91 bits per heavy atom. The standard InChI is InChI=1S/C18H24N2OS/c1-2-6-14(7-3-1)16-8-4-10-20(16)12-15-13-21-18(19-15)17-9-5-11-22-17/h5,9,11,13-14,16H,1-4,6-8,10,12H2/t16-/m0/s1. The number of likely N-dealkylation sites (tertiary alicyclic amines) is 1. The summed E-state index contributed by atoms with van der Waals surface area (Å²) in [5.41, 5.74) is 1.09. The highest BCUT2D eigenvalue weighted by molar-refractivity contribution is 7.13. The molecule has 0 aromatic carbocycles. The minimum absolute atomic E-state index is 0.776. The Kier molecular flexibility index (Phi) is 4.30. The lowest BCUT2D eigenvalue weighted by molar-refractivity contribution is 0.149. The Morgan fingerprint density at radius 1 is 1.18 bits per heavy atom. The molecule has 0 unspecified atom stereocenters. The molecule has 0 radical (unpaired) electrons. The van der Waals surface area contributed by atoms with E-state index in [0.29, 0.717) is 0 Å². The van der Waals surface area contributed by atoms with E-state index >= 15 is 0 Å². The summed E-state index contributed by atoms with van der Waals surface area (Å²) in [4.78, 5) is 8.48. The van der Waals surface area contributed by atoms with Gasteiger partial charge in [-0.15, -0.1) is 11.3 Å². The first kappa shape index (κ1) is 14.5. The van der Waals surface area contributed by atoms with Crippen molar-refractivity contribution in [2.75, 3.05) is 6.54 Å². The normalized spacial score (nSPS) is 24.1. The highest BCUT2D eigenvalue weighted by atomic mass is 32.1. The second-order valence-corrected chi connectivity index (χ2v) is 7.65. The van der Waals surface area contributed by atoms with Gasteiger partial charge in [-0.1, -0.05) is 25.3 Å².